The molecular formula is C13H22N4S2. The minimum absolute atomic E-state index is 0.552. The molecule has 2 unspecified atom stereocenters. The van der Waals surface area contributed by atoms with Crippen molar-refractivity contribution >= 4 is 35.2 Å². The van der Waals surface area contributed by atoms with E-state index in [4.69, 9.17) is 0 Å². The highest BCUT2D eigenvalue weighted by atomic mass is 32.2. The van der Waals surface area contributed by atoms with E-state index in [1.54, 1.807) is 11.8 Å². The molecule has 4 nitrogen and oxygen atoms in total. The summed E-state index contributed by atoms with van der Waals surface area (Å²) in [6.45, 7) is 2.95. The molecule has 0 bridgehead atoms. The van der Waals surface area contributed by atoms with Gasteiger partial charge in [0.05, 0.1) is 0 Å². The van der Waals surface area contributed by atoms with Crippen LogP contribution in [-0.4, -0.2) is 40.3 Å². The van der Waals surface area contributed by atoms with Crippen molar-refractivity contribution in [3.8, 4) is 0 Å². The first-order valence-electron chi connectivity index (χ1n) is 6.71. The second-order valence-corrected chi connectivity index (χ2v) is 6.58. The Bertz CT molecular complexity index is 414. The summed E-state index contributed by atoms with van der Waals surface area (Å²) in [6, 6.07) is 2.56. The Hall–Kier alpha value is -0.620. The van der Waals surface area contributed by atoms with Gasteiger partial charge in [0, 0.05) is 23.9 Å². The molecule has 1 aliphatic carbocycles. The van der Waals surface area contributed by atoms with Crippen molar-refractivity contribution in [2.24, 2.45) is 0 Å². The minimum atomic E-state index is 0.552. The summed E-state index contributed by atoms with van der Waals surface area (Å²) in [5.41, 5.74) is 0. The van der Waals surface area contributed by atoms with E-state index in [0.29, 0.717) is 6.04 Å². The Morgan fingerprint density at radius 3 is 2.68 bits per heavy atom. The van der Waals surface area contributed by atoms with Gasteiger partial charge in [0.25, 0.3) is 0 Å². The Morgan fingerprint density at radius 1 is 1.26 bits per heavy atom. The fraction of sp³-hybridized carbons (Fsp3) is 0.692. The highest BCUT2D eigenvalue weighted by molar-refractivity contribution is 7.99. The third-order valence-electron chi connectivity index (χ3n) is 3.32. The zero-order valence-corrected chi connectivity index (χ0v) is 13.4. The maximum absolute atomic E-state index is 4.54. The fourth-order valence-corrected chi connectivity index (χ4v) is 3.53. The van der Waals surface area contributed by atoms with Gasteiger partial charge >= 0.3 is 0 Å². The quantitative estimate of drug-likeness (QED) is 0.620. The van der Waals surface area contributed by atoms with E-state index in [0.717, 1.165) is 28.6 Å². The van der Waals surface area contributed by atoms with Crippen molar-refractivity contribution < 1.29 is 0 Å². The molecule has 1 fully saturated rings. The van der Waals surface area contributed by atoms with Crippen molar-refractivity contribution in [3.63, 3.8) is 0 Å². The predicted molar refractivity (Wildman–Crippen MR) is 86.5 cm³/mol. The topological polar surface area (TPSA) is 49.8 Å². The Balaban J connectivity index is 2.04. The molecule has 0 amide bonds. The van der Waals surface area contributed by atoms with Crippen LogP contribution < -0.4 is 10.6 Å². The lowest BCUT2D eigenvalue weighted by atomic mass is 10.2. The average molecular weight is 298 g/mol. The van der Waals surface area contributed by atoms with Crippen molar-refractivity contribution in [2.45, 2.75) is 42.6 Å². The van der Waals surface area contributed by atoms with E-state index in [9.17, 15) is 0 Å². The van der Waals surface area contributed by atoms with E-state index in [2.05, 4.69) is 33.8 Å². The molecule has 6 heteroatoms. The summed E-state index contributed by atoms with van der Waals surface area (Å²) in [7, 11) is 0. The third-order valence-corrected chi connectivity index (χ3v) is 4.96. The van der Waals surface area contributed by atoms with Gasteiger partial charge in [0.2, 0.25) is 0 Å². The molecule has 2 N–H and O–H groups in total. The SMILES string of the molecule is CCNc1cc(NC2CCC(SC)C2)nc(SC)n1. The van der Waals surface area contributed by atoms with E-state index < -0.39 is 0 Å². The number of rotatable bonds is 6. The first-order valence-corrected chi connectivity index (χ1v) is 9.22. The van der Waals surface area contributed by atoms with Gasteiger partial charge in [-0.3, -0.25) is 0 Å². The number of nitrogens with zero attached hydrogens (tertiary/aromatic N) is 2. The highest BCUT2D eigenvalue weighted by Gasteiger charge is 2.24. The molecule has 2 atom stereocenters. The van der Waals surface area contributed by atoms with Gasteiger partial charge in [-0.1, -0.05) is 11.8 Å². The average Bonchev–Trinajstić information content (AvgIpc) is 2.86. The van der Waals surface area contributed by atoms with Crippen LogP contribution in [0.4, 0.5) is 11.6 Å². The minimum Gasteiger partial charge on any atom is -0.370 e. The van der Waals surface area contributed by atoms with Gasteiger partial charge < -0.3 is 10.6 Å². The second kappa shape index (κ2) is 7.24. The predicted octanol–water partition coefficient (Wildman–Crippen LogP) is 3.33. The number of hydrogen-bond acceptors (Lipinski definition) is 6. The zero-order valence-electron chi connectivity index (χ0n) is 11.8. The van der Waals surface area contributed by atoms with Crippen LogP contribution in [0.2, 0.25) is 0 Å². The first-order chi connectivity index (χ1) is 9.25. The summed E-state index contributed by atoms with van der Waals surface area (Å²) in [6.07, 6.45) is 7.98. The van der Waals surface area contributed by atoms with Gasteiger partial charge in [-0.25, -0.2) is 9.97 Å². The van der Waals surface area contributed by atoms with Gasteiger partial charge in [0.15, 0.2) is 5.16 Å². The van der Waals surface area contributed by atoms with Crippen molar-refractivity contribution in [1.82, 2.24) is 9.97 Å². The molecule has 0 saturated heterocycles. The van der Waals surface area contributed by atoms with Crippen molar-refractivity contribution in [2.75, 3.05) is 29.7 Å². The van der Waals surface area contributed by atoms with E-state index in [-0.39, 0.29) is 0 Å². The summed E-state index contributed by atoms with van der Waals surface area (Å²) in [5, 5.41) is 8.44. The molecule has 0 aliphatic heterocycles. The second-order valence-electron chi connectivity index (χ2n) is 4.67. The van der Waals surface area contributed by atoms with Gasteiger partial charge in [-0.05, 0) is 38.7 Å². The monoisotopic (exact) mass is 298 g/mol. The Labute approximate surface area is 123 Å². The summed E-state index contributed by atoms with van der Waals surface area (Å²) >= 11 is 3.56. The lowest BCUT2D eigenvalue weighted by molar-refractivity contribution is 0.747. The lowest BCUT2D eigenvalue weighted by Gasteiger charge is -2.15. The summed E-state index contributed by atoms with van der Waals surface area (Å²) < 4.78 is 0. The Kier molecular flexibility index (Phi) is 5.63. The third kappa shape index (κ3) is 4.18. The molecule has 106 valence electrons. The standard InChI is InChI=1S/C13H22N4S2/c1-4-14-11-8-12(17-13(16-11)19-3)15-9-5-6-10(7-9)18-2/h8-10H,4-7H2,1-3H3,(H2,14,15,16,17). The number of thioether (sulfide) groups is 2. The van der Waals surface area contributed by atoms with Crippen LogP contribution in [0.5, 0.6) is 0 Å². The number of anilines is 2. The van der Waals surface area contributed by atoms with Crippen LogP contribution in [0.15, 0.2) is 11.2 Å². The van der Waals surface area contributed by atoms with Gasteiger partial charge in [-0.2, -0.15) is 11.8 Å². The zero-order chi connectivity index (χ0) is 13.7. The van der Waals surface area contributed by atoms with Crippen molar-refractivity contribution in [3.05, 3.63) is 6.07 Å². The maximum Gasteiger partial charge on any atom is 0.191 e. The van der Waals surface area contributed by atoms with Gasteiger partial charge in [0.1, 0.15) is 11.6 Å². The molecule has 1 aliphatic rings. The molecule has 0 aromatic carbocycles. The van der Waals surface area contributed by atoms with Crippen LogP contribution >= 0.6 is 23.5 Å². The molecule has 1 aromatic heterocycles. The van der Waals surface area contributed by atoms with Crippen LogP contribution in [0.3, 0.4) is 0 Å². The normalized spacial score (nSPS) is 22.5. The molecule has 1 saturated carbocycles. The smallest absolute Gasteiger partial charge is 0.191 e. The lowest BCUT2D eigenvalue weighted by Crippen LogP contribution is -2.17. The first kappa shape index (κ1) is 14.8. The number of nitrogens with one attached hydrogen (secondary N) is 2. The van der Waals surface area contributed by atoms with E-state index in [1.807, 2.05) is 24.1 Å². The summed E-state index contributed by atoms with van der Waals surface area (Å²) in [5.74, 6) is 1.85. The summed E-state index contributed by atoms with van der Waals surface area (Å²) in [4.78, 5) is 8.99. The molecule has 2 rings (SSSR count). The van der Waals surface area contributed by atoms with E-state index >= 15 is 0 Å². The van der Waals surface area contributed by atoms with E-state index in [1.165, 1.54) is 19.3 Å². The van der Waals surface area contributed by atoms with Gasteiger partial charge in [-0.15, -0.1) is 0 Å². The van der Waals surface area contributed by atoms with Crippen LogP contribution in [0, 0.1) is 0 Å². The van der Waals surface area contributed by atoms with Crippen LogP contribution in [0.1, 0.15) is 26.2 Å². The molecular weight excluding hydrogens is 276 g/mol. The molecule has 1 heterocycles. The van der Waals surface area contributed by atoms with Crippen LogP contribution in [-0.2, 0) is 0 Å². The fourth-order valence-electron chi connectivity index (χ4n) is 2.36. The largest absolute Gasteiger partial charge is 0.370 e. The van der Waals surface area contributed by atoms with Crippen molar-refractivity contribution in [1.29, 1.82) is 0 Å². The molecule has 19 heavy (non-hydrogen) atoms. The number of aromatic nitrogens is 2. The Morgan fingerprint density at radius 2 is 2.05 bits per heavy atom. The number of hydrogen-bond donors (Lipinski definition) is 2. The highest BCUT2D eigenvalue weighted by Crippen LogP contribution is 2.30. The maximum atomic E-state index is 4.54. The molecule has 0 radical (unpaired) electrons. The van der Waals surface area contributed by atoms with Crippen LogP contribution in [0.25, 0.3) is 0 Å². The molecule has 1 aromatic rings. The molecule has 0 spiro atoms.